The molecular formula is C15H13FN4S2. The highest BCUT2D eigenvalue weighted by Crippen LogP contribution is 2.23. The second-order valence-corrected chi connectivity index (χ2v) is 6.59. The van der Waals surface area contributed by atoms with Gasteiger partial charge < -0.3 is 0 Å². The Morgan fingerprint density at radius 2 is 1.64 bits per heavy atom. The van der Waals surface area contributed by atoms with E-state index in [0.29, 0.717) is 0 Å². The Morgan fingerprint density at radius 1 is 0.909 bits per heavy atom. The molecule has 1 aromatic heterocycles. The van der Waals surface area contributed by atoms with Crippen LogP contribution in [0.3, 0.4) is 0 Å². The van der Waals surface area contributed by atoms with Crippen molar-refractivity contribution in [3.05, 3.63) is 60.4 Å². The number of tetrazole rings is 1. The van der Waals surface area contributed by atoms with E-state index in [1.165, 1.54) is 12.1 Å². The van der Waals surface area contributed by atoms with Gasteiger partial charge >= 0.3 is 0 Å². The third-order valence-electron chi connectivity index (χ3n) is 2.84. The van der Waals surface area contributed by atoms with Crippen LogP contribution in [0.4, 0.5) is 4.39 Å². The lowest BCUT2D eigenvalue weighted by molar-refractivity contribution is 0.626. The quantitative estimate of drug-likeness (QED) is 0.509. The first kappa shape index (κ1) is 15.1. The van der Waals surface area contributed by atoms with Crippen molar-refractivity contribution < 1.29 is 4.39 Å². The fourth-order valence-corrected chi connectivity index (χ4v) is 3.60. The number of halogens is 1. The summed E-state index contributed by atoms with van der Waals surface area (Å²) in [5.41, 5.74) is 0.946. The van der Waals surface area contributed by atoms with Crippen molar-refractivity contribution in [2.45, 2.75) is 10.1 Å². The molecule has 112 valence electrons. The Balaban J connectivity index is 1.54. The first-order chi connectivity index (χ1) is 10.8. The van der Waals surface area contributed by atoms with Gasteiger partial charge in [-0.25, -0.2) is 4.39 Å². The fourth-order valence-electron chi connectivity index (χ4n) is 1.82. The topological polar surface area (TPSA) is 43.6 Å². The fraction of sp³-hybridized carbons (Fsp3) is 0.133. The molecule has 0 aliphatic heterocycles. The maximum Gasteiger partial charge on any atom is 0.214 e. The Bertz CT molecular complexity index is 716. The number of benzene rings is 2. The van der Waals surface area contributed by atoms with Crippen molar-refractivity contribution in [1.82, 2.24) is 20.2 Å². The molecule has 0 amide bonds. The van der Waals surface area contributed by atoms with E-state index in [9.17, 15) is 4.39 Å². The van der Waals surface area contributed by atoms with E-state index in [-0.39, 0.29) is 5.82 Å². The van der Waals surface area contributed by atoms with E-state index in [4.69, 9.17) is 0 Å². The first-order valence-corrected chi connectivity index (χ1v) is 8.65. The van der Waals surface area contributed by atoms with Crippen LogP contribution in [0.25, 0.3) is 5.69 Å². The van der Waals surface area contributed by atoms with Gasteiger partial charge in [0.15, 0.2) is 0 Å². The number of thioether (sulfide) groups is 2. The summed E-state index contributed by atoms with van der Waals surface area (Å²) < 4.78 is 14.6. The molecule has 3 rings (SSSR count). The molecule has 0 saturated carbocycles. The van der Waals surface area contributed by atoms with Crippen molar-refractivity contribution in [3.63, 3.8) is 0 Å². The van der Waals surface area contributed by atoms with Gasteiger partial charge in [0.05, 0.1) is 5.69 Å². The number of nitrogens with zero attached hydrogens (tertiary/aromatic N) is 4. The molecule has 0 saturated heterocycles. The van der Waals surface area contributed by atoms with Crippen LogP contribution in [0.1, 0.15) is 0 Å². The normalized spacial score (nSPS) is 10.8. The smallest absolute Gasteiger partial charge is 0.207 e. The minimum absolute atomic E-state index is 0.208. The summed E-state index contributed by atoms with van der Waals surface area (Å²) >= 11 is 3.29. The zero-order valence-corrected chi connectivity index (χ0v) is 13.2. The largest absolute Gasteiger partial charge is 0.214 e. The maximum absolute atomic E-state index is 12.8. The molecule has 4 nitrogen and oxygen atoms in total. The molecule has 3 aromatic rings. The monoisotopic (exact) mass is 332 g/mol. The van der Waals surface area contributed by atoms with Gasteiger partial charge in [-0.3, -0.25) is 0 Å². The van der Waals surface area contributed by atoms with Gasteiger partial charge in [-0.15, -0.1) is 16.9 Å². The maximum atomic E-state index is 12.8. The van der Waals surface area contributed by atoms with Crippen LogP contribution in [0, 0.1) is 5.82 Å². The Morgan fingerprint density at radius 3 is 2.41 bits per heavy atom. The molecule has 0 aliphatic carbocycles. The van der Waals surface area contributed by atoms with Crippen LogP contribution >= 0.6 is 23.5 Å². The predicted octanol–water partition coefficient (Wildman–Crippen LogP) is 3.69. The van der Waals surface area contributed by atoms with Crippen LogP contribution in [0.5, 0.6) is 0 Å². The Kier molecular flexibility index (Phi) is 5.07. The van der Waals surface area contributed by atoms with Gasteiger partial charge in [0.2, 0.25) is 5.16 Å². The standard InChI is InChI=1S/C15H13FN4S2/c16-12-6-8-14(9-7-12)21-10-11-22-15-17-18-19-20(15)13-4-2-1-3-5-13/h1-9H,10-11H2. The number of para-hydroxylation sites is 1. The van der Waals surface area contributed by atoms with E-state index in [1.807, 2.05) is 30.3 Å². The minimum atomic E-state index is -0.208. The van der Waals surface area contributed by atoms with Crippen molar-refractivity contribution in [1.29, 1.82) is 0 Å². The molecular weight excluding hydrogens is 319 g/mol. The van der Waals surface area contributed by atoms with Crippen molar-refractivity contribution in [3.8, 4) is 5.69 Å². The van der Waals surface area contributed by atoms with Crippen LogP contribution in [0.15, 0.2) is 64.6 Å². The summed E-state index contributed by atoms with van der Waals surface area (Å²) in [5, 5.41) is 12.6. The van der Waals surface area contributed by atoms with Crippen LogP contribution < -0.4 is 0 Å². The molecule has 0 atom stereocenters. The minimum Gasteiger partial charge on any atom is -0.207 e. The lowest BCUT2D eigenvalue weighted by Gasteiger charge is -2.04. The molecule has 0 unspecified atom stereocenters. The Labute approximate surface area is 136 Å². The summed E-state index contributed by atoms with van der Waals surface area (Å²) in [6.45, 7) is 0. The van der Waals surface area contributed by atoms with Crippen LogP contribution in [-0.2, 0) is 0 Å². The molecule has 0 radical (unpaired) electrons. The lowest BCUT2D eigenvalue weighted by atomic mass is 10.3. The van der Waals surface area contributed by atoms with Crippen LogP contribution in [0.2, 0.25) is 0 Å². The van der Waals surface area contributed by atoms with E-state index in [1.54, 1.807) is 40.3 Å². The van der Waals surface area contributed by atoms with Gasteiger partial charge in [-0.05, 0) is 46.8 Å². The molecule has 0 bridgehead atoms. The lowest BCUT2D eigenvalue weighted by Crippen LogP contribution is -1.99. The molecule has 22 heavy (non-hydrogen) atoms. The first-order valence-electron chi connectivity index (χ1n) is 6.68. The third-order valence-corrected chi connectivity index (χ3v) is 5.03. The summed E-state index contributed by atoms with van der Waals surface area (Å²) in [6, 6.07) is 16.3. The number of rotatable bonds is 6. The second-order valence-electron chi connectivity index (χ2n) is 4.36. The van der Waals surface area contributed by atoms with Crippen LogP contribution in [-0.4, -0.2) is 31.7 Å². The number of hydrogen-bond acceptors (Lipinski definition) is 5. The average Bonchev–Trinajstić information content (AvgIpc) is 3.02. The average molecular weight is 332 g/mol. The highest BCUT2D eigenvalue weighted by molar-refractivity contribution is 8.02. The van der Waals surface area contributed by atoms with Gasteiger partial charge in [0, 0.05) is 16.4 Å². The molecule has 0 spiro atoms. The summed E-state index contributed by atoms with van der Waals surface area (Å²) in [5.74, 6) is 1.56. The molecule has 0 aliphatic rings. The van der Waals surface area contributed by atoms with Crippen molar-refractivity contribution in [2.24, 2.45) is 0 Å². The number of hydrogen-bond donors (Lipinski definition) is 0. The molecule has 0 N–H and O–H groups in total. The van der Waals surface area contributed by atoms with Gasteiger partial charge in [0.1, 0.15) is 5.82 Å². The summed E-state index contributed by atoms with van der Waals surface area (Å²) in [7, 11) is 0. The molecule has 1 heterocycles. The van der Waals surface area contributed by atoms with E-state index < -0.39 is 0 Å². The zero-order chi connectivity index (χ0) is 15.2. The predicted molar refractivity (Wildman–Crippen MR) is 87.0 cm³/mol. The van der Waals surface area contributed by atoms with Crippen molar-refractivity contribution in [2.75, 3.05) is 11.5 Å². The van der Waals surface area contributed by atoms with E-state index in [0.717, 1.165) is 27.2 Å². The van der Waals surface area contributed by atoms with Gasteiger partial charge in [0.25, 0.3) is 0 Å². The second kappa shape index (κ2) is 7.42. The highest BCUT2D eigenvalue weighted by atomic mass is 32.2. The molecule has 0 fully saturated rings. The molecule has 2 aromatic carbocycles. The van der Waals surface area contributed by atoms with E-state index >= 15 is 0 Å². The van der Waals surface area contributed by atoms with E-state index in [2.05, 4.69) is 15.5 Å². The highest BCUT2D eigenvalue weighted by Gasteiger charge is 2.08. The SMILES string of the molecule is Fc1ccc(SCCSc2nnnn2-c2ccccc2)cc1. The zero-order valence-electron chi connectivity index (χ0n) is 11.6. The van der Waals surface area contributed by atoms with Gasteiger partial charge in [-0.1, -0.05) is 30.0 Å². The molecule has 7 heteroatoms. The summed E-state index contributed by atoms with van der Waals surface area (Å²) in [6.07, 6.45) is 0. The summed E-state index contributed by atoms with van der Waals surface area (Å²) in [4.78, 5) is 1.06. The third kappa shape index (κ3) is 3.86. The Hall–Kier alpha value is -1.86. The van der Waals surface area contributed by atoms with Gasteiger partial charge in [-0.2, -0.15) is 4.68 Å². The number of aromatic nitrogens is 4. The van der Waals surface area contributed by atoms with Crippen molar-refractivity contribution >= 4 is 23.5 Å².